The summed E-state index contributed by atoms with van der Waals surface area (Å²) < 4.78 is 0. The second kappa shape index (κ2) is 12.9. The third-order valence-corrected chi connectivity index (χ3v) is 8.86. The van der Waals surface area contributed by atoms with Crippen LogP contribution >= 0.6 is 0 Å². The predicted octanol–water partition coefficient (Wildman–Crippen LogP) is 6.47. The van der Waals surface area contributed by atoms with E-state index < -0.39 is 27.8 Å². The molecule has 3 N–H and O–H groups in total. The van der Waals surface area contributed by atoms with Crippen LogP contribution in [0.2, 0.25) is 0 Å². The maximum atomic E-state index is 13.0. The van der Waals surface area contributed by atoms with Crippen LogP contribution in [0.15, 0.2) is 108 Å². The van der Waals surface area contributed by atoms with E-state index in [2.05, 4.69) is 29.6 Å². The summed E-state index contributed by atoms with van der Waals surface area (Å²) in [5.74, 6) is -2.65. The molecule has 0 amide bonds. The standard InChI is InChI=1S/C35H39N3O6/c1-23-22-35(33(41)42,28-17-12-18-29(21-28)38(43)44)31(32(39)40)24(2)37(23)34(4,5)25(3)36-20-19-30(26-13-8-6-9-14-26)27-15-10-7-11-16-27/h6-18,21-22,25,30,36H,19-20H2,1-5H3,(H,39,40)(H,41,42). The summed E-state index contributed by atoms with van der Waals surface area (Å²) in [6.07, 6.45) is 2.23. The van der Waals surface area contributed by atoms with Gasteiger partial charge in [-0.1, -0.05) is 72.8 Å². The van der Waals surface area contributed by atoms with E-state index in [9.17, 15) is 29.9 Å². The summed E-state index contributed by atoms with van der Waals surface area (Å²) in [4.78, 5) is 38.5. The highest BCUT2D eigenvalue weighted by Gasteiger charge is 2.52. The number of nitro groups is 1. The summed E-state index contributed by atoms with van der Waals surface area (Å²) in [7, 11) is 0. The first-order chi connectivity index (χ1) is 20.8. The lowest BCUT2D eigenvalue weighted by Gasteiger charge is -2.50. The second-order valence-corrected chi connectivity index (χ2v) is 11.8. The number of nitrogens with one attached hydrogen (secondary N) is 1. The molecule has 44 heavy (non-hydrogen) atoms. The molecule has 0 fully saturated rings. The summed E-state index contributed by atoms with van der Waals surface area (Å²) in [6, 6.07) is 25.7. The van der Waals surface area contributed by atoms with Crippen LogP contribution in [0.1, 0.15) is 63.6 Å². The number of carboxylic acid groups (broad SMARTS) is 2. The Morgan fingerprint density at radius 2 is 1.52 bits per heavy atom. The second-order valence-electron chi connectivity index (χ2n) is 11.8. The molecule has 0 saturated carbocycles. The number of benzene rings is 3. The van der Waals surface area contributed by atoms with E-state index in [4.69, 9.17) is 0 Å². The minimum Gasteiger partial charge on any atom is -0.480 e. The van der Waals surface area contributed by atoms with Crippen molar-refractivity contribution in [1.29, 1.82) is 0 Å². The van der Waals surface area contributed by atoms with E-state index >= 15 is 0 Å². The van der Waals surface area contributed by atoms with Gasteiger partial charge < -0.3 is 20.4 Å². The molecule has 1 heterocycles. The number of nitro benzene ring substituents is 1. The van der Waals surface area contributed by atoms with Gasteiger partial charge in [-0.15, -0.1) is 0 Å². The number of hydrogen-bond donors (Lipinski definition) is 3. The maximum Gasteiger partial charge on any atom is 0.335 e. The molecule has 3 aromatic carbocycles. The van der Waals surface area contributed by atoms with E-state index in [0.29, 0.717) is 12.2 Å². The van der Waals surface area contributed by atoms with Crippen molar-refractivity contribution in [2.24, 2.45) is 0 Å². The Labute approximate surface area is 257 Å². The van der Waals surface area contributed by atoms with Crippen molar-refractivity contribution in [3.63, 3.8) is 0 Å². The number of hydrogen-bond acceptors (Lipinski definition) is 6. The first kappa shape index (κ1) is 32.2. The first-order valence-electron chi connectivity index (χ1n) is 14.6. The van der Waals surface area contributed by atoms with Crippen molar-refractivity contribution in [3.05, 3.63) is 135 Å². The van der Waals surface area contributed by atoms with Crippen molar-refractivity contribution in [1.82, 2.24) is 10.2 Å². The van der Waals surface area contributed by atoms with Crippen molar-refractivity contribution in [2.45, 2.75) is 64.0 Å². The molecule has 0 aromatic heterocycles. The molecule has 0 spiro atoms. The molecule has 9 nitrogen and oxygen atoms in total. The van der Waals surface area contributed by atoms with Gasteiger partial charge in [0, 0.05) is 35.5 Å². The number of aliphatic carboxylic acids is 2. The molecule has 0 radical (unpaired) electrons. The summed E-state index contributed by atoms with van der Waals surface area (Å²) >= 11 is 0. The number of nitrogens with zero attached hydrogens (tertiary/aromatic N) is 2. The van der Waals surface area contributed by atoms with Crippen LogP contribution in [0, 0.1) is 10.1 Å². The fraction of sp³-hybridized carbons (Fsp3) is 0.314. The molecule has 0 aliphatic carbocycles. The number of allylic oxidation sites excluding steroid dienone is 2. The van der Waals surface area contributed by atoms with E-state index in [1.807, 2.05) is 62.1 Å². The molecule has 4 rings (SSSR count). The van der Waals surface area contributed by atoms with Gasteiger partial charge in [-0.25, -0.2) is 4.79 Å². The zero-order valence-electron chi connectivity index (χ0n) is 25.7. The third kappa shape index (κ3) is 6.01. The molecule has 0 saturated heterocycles. The monoisotopic (exact) mass is 597 g/mol. The highest BCUT2D eigenvalue weighted by Crippen LogP contribution is 2.46. The molecule has 2 atom stereocenters. The summed E-state index contributed by atoms with van der Waals surface area (Å²) in [5.41, 5.74) is -0.237. The lowest BCUT2D eigenvalue weighted by atomic mass is 9.70. The van der Waals surface area contributed by atoms with Crippen LogP contribution < -0.4 is 5.32 Å². The van der Waals surface area contributed by atoms with Crippen LogP contribution in [0.3, 0.4) is 0 Å². The van der Waals surface area contributed by atoms with E-state index in [0.717, 1.165) is 12.5 Å². The fourth-order valence-electron chi connectivity index (χ4n) is 6.49. The molecule has 9 heteroatoms. The number of carboxylic acids is 2. The number of carbonyl (C=O) groups is 2. The molecular weight excluding hydrogens is 558 g/mol. The van der Waals surface area contributed by atoms with Gasteiger partial charge in [-0.2, -0.15) is 0 Å². The van der Waals surface area contributed by atoms with Crippen LogP contribution in [0.25, 0.3) is 0 Å². The average Bonchev–Trinajstić information content (AvgIpc) is 2.99. The number of non-ortho nitro benzene ring substituents is 1. The summed E-state index contributed by atoms with van der Waals surface area (Å²) in [6.45, 7) is 10.0. The van der Waals surface area contributed by atoms with Crippen molar-refractivity contribution in [2.75, 3.05) is 6.54 Å². The zero-order valence-corrected chi connectivity index (χ0v) is 25.7. The highest BCUT2D eigenvalue weighted by molar-refractivity contribution is 6.03. The number of rotatable bonds is 12. The van der Waals surface area contributed by atoms with Gasteiger partial charge in [-0.3, -0.25) is 14.9 Å². The smallest absolute Gasteiger partial charge is 0.335 e. The topological polar surface area (TPSA) is 133 Å². The minimum absolute atomic E-state index is 0.00629. The molecule has 230 valence electrons. The maximum absolute atomic E-state index is 13.0. The van der Waals surface area contributed by atoms with Crippen molar-refractivity contribution >= 4 is 17.6 Å². The Kier molecular flexibility index (Phi) is 9.39. The van der Waals surface area contributed by atoms with Gasteiger partial charge in [0.15, 0.2) is 0 Å². The minimum atomic E-state index is -2.12. The average molecular weight is 598 g/mol. The van der Waals surface area contributed by atoms with Crippen molar-refractivity contribution < 1.29 is 24.7 Å². The van der Waals surface area contributed by atoms with Crippen molar-refractivity contribution in [3.8, 4) is 0 Å². The van der Waals surface area contributed by atoms with Crippen LogP contribution in [-0.2, 0) is 15.0 Å². The van der Waals surface area contributed by atoms with Gasteiger partial charge in [0.05, 0.1) is 16.0 Å². The van der Waals surface area contributed by atoms with Gasteiger partial charge in [-0.05, 0) is 70.4 Å². The van der Waals surface area contributed by atoms with Crippen LogP contribution in [-0.4, -0.2) is 50.1 Å². The third-order valence-electron chi connectivity index (χ3n) is 8.86. The molecule has 1 aliphatic rings. The Bertz CT molecular complexity index is 1560. The van der Waals surface area contributed by atoms with E-state index in [1.54, 1.807) is 13.8 Å². The molecule has 1 aliphatic heterocycles. The molecule has 2 unspecified atom stereocenters. The summed E-state index contributed by atoms with van der Waals surface area (Å²) in [5, 5.41) is 36.1. The Morgan fingerprint density at radius 1 is 0.955 bits per heavy atom. The van der Waals surface area contributed by atoms with E-state index in [1.165, 1.54) is 35.4 Å². The Balaban J connectivity index is 1.66. The quantitative estimate of drug-likeness (QED) is 0.160. The Hall–Kier alpha value is -4.76. The molecular formula is C35H39N3O6. The van der Waals surface area contributed by atoms with Gasteiger partial charge >= 0.3 is 11.9 Å². The zero-order chi connectivity index (χ0) is 32.2. The van der Waals surface area contributed by atoms with Gasteiger partial charge in [0.1, 0.15) is 5.41 Å². The van der Waals surface area contributed by atoms with E-state index in [-0.39, 0.29) is 34.5 Å². The SMILES string of the molecule is CC1=CC(C(=O)O)(c2cccc([N+](=O)[O-])c2)C(C(=O)O)=C(C)N1C(C)(C)C(C)NCCC(c1ccccc1)c1ccccc1. The largest absolute Gasteiger partial charge is 0.480 e. The van der Waals surface area contributed by atoms with Crippen LogP contribution in [0.5, 0.6) is 0 Å². The lowest BCUT2D eigenvalue weighted by molar-refractivity contribution is -0.384. The lowest BCUT2D eigenvalue weighted by Crippen LogP contribution is -2.58. The normalized spacial score (nSPS) is 17.8. The molecule has 3 aromatic rings. The fourth-order valence-corrected chi connectivity index (χ4v) is 6.49. The predicted molar refractivity (Wildman–Crippen MR) is 169 cm³/mol. The first-order valence-corrected chi connectivity index (χ1v) is 14.6. The van der Waals surface area contributed by atoms with Gasteiger partial charge in [0.25, 0.3) is 5.69 Å². The molecule has 0 bridgehead atoms. The Morgan fingerprint density at radius 3 is 2.02 bits per heavy atom. The highest BCUT2D eigenvalue weighted by atomic mass is 16.6. The van der Waals surface area contributed by atoms with Gasteiger partial charge in [0.2, 0.25) is 0 Å². The van der Waals surface area contributed by atoms with Crippen LogP contribution in [0.4, 0.5) is 5.69 Å².